The number of pyridine rings is 1. The predicted octanol–water partition coefficient (Wildman–Crippen LogP) is 1.70. The smallest absolute Gasteiger partial charge is 0.275 e. The normalized spacial score (nSPS) is 23.9. The van der Waals surface area contributed by atoms with E-state index in [9.17, 15) is 28.3 Å². The van der Waals surface area contributed by atoms with Gasteiger partial charge in [0, 0.05) is 37.9 Å². The highest BCUT2D eigenvalue weighted by Gasteiger charge is 2.49. The molecule has 4 heterocycles. The van der Waals surface area contributed by atoms with Crippen molar-refractivity contribution in [2.45, 2.75) is 44.9 Å². The number of carbonyl (C=O) groups is 2. The molecule has 3 aliphatic rings. The van der Waals surface area contributed by atoms with Crippen molar-refractivity contribution < 1.29 is 23.5 Å². The second-order valence-corrected chi connectivity index (χ2v) is 9.33. The van der Waals surface area contributed by atoms with Crippen molar-refractivity contribution in [3.63, 3.8) is 0 Å². The van der Waals surface area contributed by atoms with Crippen LogP contribution in [0.1, 0.15) is 46.2 Å². The molecule has 2 N–H and O–H groups in total. The summed E-state index contributed by atoms with van der Waals surface area (Å²) in [6.07, 6.45) is 3.37. The number of rotatable bonds is 4. The molecule has 2 amide bonds. The van der Waals surface area contributed by atoms with Crippen molar-refractivity contribution in [2.75, 3.05) is 19.6 Å². The molecule has 8 nitrogen and oxygen atoms in total. The first-order valence-electron chi connectivity index (χ1n) is 11.5. The van der Waals surface area contributed by atoms with Gasteiger partial charge in [-0.05, 0) is 36.8 Å². The minimum atomic E-state index is -0.922. The zero-order valence-electron chi connectivity index (χ0n) is 18.8. The topological polar surface area (TPSA) is 94.9 Å². The first kappa shape index (κ1) is 22.5. The maximum absolute atomic E-state index is 13.8. The highest BCUT2D eigenvalue weighted by Crippen LogP contribution is 2.36. The molecule has 1 unspecified atom stereocenters. The van der Waals surface area contributed by atoms with Crippen LogP contribution in [0.5, 0.6) is 5.75 Å². The van der Waals surface area contributed by atoms with Gasteiger partial charge in [-0.25, -0.2) is 8.78 Å². The number of aromatic nitrogens is 1. The molecule has 1 aromatic heterocycles. The fourth-order valence-electron chi connectivity index (χ4n) is 5.48. The van der Waals surface area contributed by atoms with Gasteiger partial charge < -0.3 is 19.9 Å². The third-order valence-electron chi connectivity index (χ3n) is 7.30. The highest BCUT2D eigenvalue weighted by molar-refractivity contribution is 5.99. The van der Waals surface area contributed by atoms with Gasteiger partial charge in [-0.1, -0.05) is 13.0 Å². The largest absolute Gasteiger partial charge is 0.503 e. The lowest BCUT2D eigenvalue weighted by Gasteiger charge is -2.39. The van der Waals surface area contributed by atoms with Crippen LogP contribution in [-0.2, 0) is 13.0 Å². The van der Waals surface area contributed by atoms with Crippen molar-refractivity contribution in [2.24, 2.45) is 5.92 Å². The van der Waals surface area contributed by atoms with Crippen LogP contribution in [0, 0.1) is 17.6 Å². The number of amides is 2. The van der Waals surface area contributed by atoms with E-state index in [1.54, 1.807) is 4.90 Å². The van der Waals surface area contributed by atoms with E-state index in [2.05, 4.69) is 17.1 Å². The van der Waals surface area contributed by atoms with E-state index in [0.717, 1.165) is 31.5 Å². The van der Waals surface area contributed by atoms with E-state index >= 15 is 0 Å². The number of hydrogen-bond acceptors (Lipinski definition) is 5. The Morgan fingerprint density at radius 3 is 2.79 bits per heavy atom. The molecule has 2 aromatic rings. The van der Waals surface area contributed by atoms with Gasteiger partial charge in [0.2, 0.25) is 5.43 Å². The Hall–Kier alpha value is -3.27. The number of nitrogens with zero attached hydrogens (tertiary/aromatic N) is 3. The Balaban J connectivity index is 1.36. The van der Waals surface area contributed by atoms with Gasteiger partial charge in [0.25, 0.3) is 11.8 Å². The number of benzene rings is 1. The van der Waals surface area contributed by atoms with Crippen LogP contribution in [-0.4, -0.2) is 63.1 Å². The molecule has 1 aromatic carbocycles. The number of halogens is 2. The molecule has 0 radical (unpaired) electrons. The average molecular weight is 472 g/mol. The van der Waals surface area contributed by atoms with Gasteiger partial charge in [-0.3, -0.25) is 19.3 Å². The minimum Gasteiger partial charge on any atom is -0.503 e. The Morgan fingerprint density at radius 1 is 1.24 bits per heavy atom. The van der Waals surface area contributed by atoms with Crippen molar-refractivity contribution in [3.8, 4) is 5.75 Å². The zero-order chi connectivity index (χ0) is 24.1. The van der Waals surface area contributed by atoms with Gasteiger partial charge >= 0.3 is 0 Å². The summed E-state index contributed by atoms with van der Waals surface area (Å²) in [7, 11) is 0. The summed E-state index contributed by atoms with van der Waals surface area (Å²) in [5.41, 5.74) is -1.08. The summed E-state index contributed by atoms with van der Waals surface area (Å²) in [5, 5.41) is 13.1. The van der Waals surface area contributed by atoms with E-state index in [4.69, 9.17) is 0 Å². The molecule has 3 aliphatic heterocycles. The van der Waals surface area contributed by atoms with E-state index < -0.39 is 34.6 Å². The van der Waals surface area contributed by atoms with E-state index in [-0.39, 0.29) is 42.0 Å². The number of aromatic hydroxyl groups is 1. The second kappa shape index (κ2) is 8.50. The summed E-state index contributed by atoms with van der Waals surface area (Å²) in [4.78, 5) is 42.7. The van der Waals surface area contributed by atoms with Crippen molar-refractivity contribution in [1.82, 2.24) is 19.7 Å². The SMILES string of the molecule is CC1CCCN2[C@@H]1CN1C(=O)c3c(O)c(=O)c(C(=O)NCCc4ccc(F)cc4F)cn3C[C@H]12. The average Bonchev–Trinajstić information content (AvgIpc) is 3.18. The van der Waals surface area contributed by atoms with Crippen LogP contribution in [0.15, 0.2) is 29.2 Å². The molecule has 2 saturated heterocycles. The molecule has 34 heavy (non-hydrogen) atoms. The molecule has 5 rings (SSSR count). The quantitative estimate of drug-likeness (QED) is 0.707. The van der Waals surface area contributed by atoms with Gasteiger partial charge in [0.15, 0.2) is 11.4 Å². The Labute approximate surface area is 194 Å². The molecule has 0 aliphatic carbocycles. The summed E-state index contributed by atoms with van der Waals surface area (Å²) >= 11 is 0. The first-order valence-corrected chi connectivity index (χ1v) is 11.5. The molecule has 0 saturated carbocycles. The van der Waals surface area contributed by atoms with Gasteiger partial charge in [-0.2, -0.15) is 0 Å². The van der Waals surface area contributed by atoms with Crippen LogP contribution in [0.2, 0.25) is 0 Å². The first-order chi connectivity index (χ1) is 16.3. The predicted molar refractivity (Wildman–Crippen MR) is 118 cm³/mol. The second-order valence-electron chi connectivity index (χ2n) is 9.33. The monoisotopic (exact) mass is 472 g/mol. The highest BCUT2D eigenvalue weighted by atomic mass is 19.1. The van der Waals surface area contributed by atoms with E-state index in [1.165, 1.54) is 16.8 Å². The standard InChI is InChI=1S/C24H26F2N4O4/c1-13-3-2-8-29-18(13)11-30-19(29)12-28-10-16(21(31)22(32)20(28)24(30)34)23(33)27-7-6-14-4-5-15(25)9-17(14)26/h4-5,9-10,13,18-19,32H,2-3,6-8,11-12H2,1H3,(H,27,33)/t13?,18-,19+/m1/s1. The van der Waals surface area contributed by atoms with Crippen molar-refractivity contribution in [3.05, 3.63) is 63.1 Å². The molecule has 10 heteroatoms. The molecular weight excluding hydrogens is 446 g/mol. The van der Waals surface area contributed by atoms with Crippen LogP contribution in [0.25, 0.3) is 0 Å². The lowest BCUT2D eigenvalue weighted by atomic mass is 9.92. The molecule has 2 fully saturated rings. The van der Waals surface area contributed by atoms with Gasteiger partial charge in [0.05, 0.1) is 6.54 Å². The lowest BCUT2D eigenvalue weighted by Crippen LogP contribution is -2.52. The fraction of sp³-hybridized carbons (Fsp3) is 0.458. The maximum atomic E-state index is 13.8. The number of nitrogens with one attached hydrogen (secondary N) is 1. The molecule has 180 valence electrons. The molecule has 0 spiro atoms. The Bertz CT molecular complexity index is 1230. The number of piperidine rings is 1. The molecular formula is C24H26F2N4O4. The summed E-state index contributed by atoms with van der Waals surface area (Å²) in [6, 6.07) is 3.43. The summed E-state index contributed by atoms with van der Waals surface area (Å²) in [5.74, 6) is -2.85. The fourth-order valence-corrected chi connectivity index (χ4v) is 5.48. The van der Waals surface area contributed by atoms with Gasteiger partial charge in [-0.15, -0.1) is 0 Å². The lowest BCUT2D eigenvalue weighted by molar-refractivity contribution is 0.0402. The molecule has 0 bridgehead atoms. The Kier molecular flexibility index (Phi) is 5.63. The number of hydrogen-bond donors (Lipinski definition) is 2. The number of fused-ring (bicyclic) bond motifs is 4. The van der Waals surface area contributed by atoms with Crippen LogP contribution in [0.3, 0.4) is 0 Å². The Morgan fingerprint density at radius 2 is 2.03 bits per heavy atom. The number of carbonyl (C=O) groups excluding carboxylic acids is 2. The third kappa shape index (κ3) is 3.66. The summed E-state index contributed by atoms with van der Waals surface area (Å²) in [6.45, 7) is 3.96. The van der Waals surface area contributed by atoms with Crippen LogP contribution >= 0.6 is 0 Å². The van der Waals surface area contributed by atoms with E-state index in [0.29, 0.717) is 19.0 Å². The van der Waals surface area contributed by atoms with Crippen molar-refractivity contribution in [1.29, 1.82) is 0 Å². The van der Waals surface area contributed by atoms with Crippen molar-refractivity contribution >= 4 is 11.8 Å². The minimum absolute atomic E-state index is 0.00597. The molecule has 3 atom stereocenters. The van der Waals surface area contributed by atoms with E-state index in [1.807, 2.05) is 0 Å². The maximum Gasteiger partial charge on any atom is 0.275 e. The van der Waals surface area contributed by atoms with Crippen LogP contribution in [0.4, 0.5) is 8.78 Å². The van der Waals surface area contributed by atoms with Crippen LogP contribution < -0.4 is 10.7 Å². The van der Waals surface area contributed by atoms with Gasteiger partial charge in [0.1, 0.15) is 23.4 Å². The summed E-state index contributed by atoms with van der Waals surface area (Å²) < 4.78 is 28.4. The zero-order valence-corrected chi connectivity index (χ0v) is 18.8. The third-order valence-corrected chi connectivity index (χ3v) is 7.30.